The summed E-state index contributed by atoms with van der Waals surface area (Å²) in [7, 11) is 0. The number of hydrogen-bond donors (Lipinski definition) is 1. The van der Waals surface area contributed by atoms with Crippen molar-refractivity contribution in [3.63, 3.8) is 0 Å². The molecule has 0 spiro atoms. The number of hydrogen-bond acceptors (Lipinski definition) is 3. The SMILES string of the molecule is C[C@@H]1C[C@H](C(=O)O)CCN1C(=O)c1ccccn1. The number of amides is 1. The number of carboxylic acids is 1. The predicted molar refractivity (Wildman–Crippen MR) is 65.1 cm³/mol. The molecule has 1 aliphatic rings. The van der Waals surface area contributed by atoms with Gasteiger partial charge in [-0.25, -0.2) is 0 Å². The van der Waals surface area contributed by atoms with Crippen LogP contribution in [-0.2, 0) is 4.79 Å². The summed E-state index contributed by atoms with van der Waals surface area (Å²) < 4.78 is 0. The fourth-order valence-corrected chi connectivity index (χ4v) is 2.33. The lowest BCUT2D eigenvalue weighted by Gasteiger charge is -2.36. The summed E-state index contributed by atoms with van der Waals surface area (Å²) >= 11 is 0. The van der Waals surface area contributed by atoms with Crippen molar-refractivity contribution in [2.24, 2.45) is 5.92 Å². The van der Waals surface area contributed by atoms with Gasteiger partial charge in [0.2, 0.25) is 0 Å². The Hall–Kier alpha value is -1.91. The molecule has 1 aromatic heterocycles. The second-order valence-electron chi connectivity index (χ2n) is 4.62. The topological polar surface area (TPSA) is 70.5 Å². The maximum atomic E-state index is 12.2. The highest BCUT2D eigenvalue weighted by Gasteiger charge is 2.32. The van der Waals surface area contributed by atoms with Gasteiger partial charge in [0, 0.05) is 18.8 Å². The molecule has 1 N–H and O–H groups in total. The third-order valence-corrected chi connectivity index (χ3v) is 3.37. The Morgan fingerprint density at radius 3 is 2.78 bits per heavy atom. The molecular weight excluding hydrogens is 232 g/mol. The van der Waals surface area contributed by atoms with E-state index >= 15 is 0 Å². The first-order valence-electron chi connectivity index (χ1n) is 6.04. The van der Waals surface area contributed by atoms with Crippen LogP contribution < -0.4 is 0 Å². The number of carbonyl (C=O) groups is 2. The van der Waals surface area contributed by atoms with Gasteiger partial charge in [0.25, 0.3) is 5.91 Å². The van der Waals surface area contributed by atoms with Gasteiger partial charge in [-0.15, -0.1) is 0 Å². The number of carboxylic acid groups (broad SMARTS) is 1. The molecule has 1 amide bonds. The number of aromatic nitrogens is 1. The fraction of sp³-hybridized carbons (Fsp3) is 0.462. The Morgan fingerprint density at radius 2 is 2.22 bits per heavy atom. The highest BCUT2D eigenvalue weighted by atomic mass is 16.4. The van der Waals surface area contributed by atoms with E-state index in [-0.39, 0.29) is 17.9 Å². The molecule has 1 fully saturated rings. The van der Waals surface area contributed by atoms with Gasteiger partial charge in [-0.2, -0.15) is 0 Å². The number of carbonyl (C=O) groups excluding carboxylic acids is 1. The molecule has 5 heteroatoms. The van der Waals surface area contributed by atoms with E-state index in [1.165, 1.54) is 0 Å². The molecule has 0 saturated carbocycles. The van der Waals surface area contributed by atoms with Crippen LogP contribution in [0.2, 0.25) is 0 Å². The van der Waals surface area contributed by atoms with Crippen LogP contribution in [0.1, 0.15) is 30.3 Å². The molecule has 0 radical (unpaired) electrons. The van der Waals surface area contributed by atoms with E-state index in [0.717, 1.165) is 0 Å². The zero-order valence-electron chi connectivity index (χ0n) is 10.2. The molecule has 2 heterocycles. The molecular formula is C13H16N2O3. The van der Waals surface area contributed by atoms with Crippen LogP contribution in [0.15, 0.2) is 24.4 Å². The average molecular weight is 248 g/mol. The van der Waals surface area contributed by atoms with E-state index in [2.05, 4.69) is 4.98 Å². The number of piperidine rings is 1. The summed E-state index contributed by atoms with van der Waals surface area (Å²) in [5.41, 5.74) is 0.415. The quantitative estimate of drug-likeness (QED) is 0.859. The predicted octanol–water partition coefficient (Wildman–Crippen LogP) is 1.41. The Balaban J connectivity index is 2.07. The number of pyridine rings is 1. The first kappa shape index (κ1) is 12.5. The van der Waals surface area contributed by atoms with Crippen molar-refractivity contribution in [3.05, 3.63) is 30.1 Å². The van der Waals surface area contributed by atoms with Crippen molar-refractivity contribution in [2.45, 2.75) is 25.8 Å². The molecule has 2 rings (SSSR count). The molecule has 0 aliphatic carbocycles. The van der Waals surface area contributed by atoms with Gasteiger partial charge in [0.15, 0.2) is 0 Å². The van der Waals surface area contributed by atoms with Crippen LogP contribution in [0.25, 0.3) is 0 Å². The standard InChI is InChI=1S/C13H16N2O3/c1-9-8-10(13(17)18)5-7-15(9)12(16)11-4-2-3-6-14-11/h2-4,6,9-10H,5,7-8H2,1H3,(H,17,18)/t9-,10-/m1/s1. The molecule has 1 aliphatic heterocycles. The number of likely N-dealkylation sites (tertiary alicyclic amines) is 1. The Kier molecular flexibility index (Phi) is 3.60. The zero-order chi connectivity index (χ0) is 13.1. The molecule has 2 atom stereocenters. The van der Waals surface area contributed by atoms with Gasteiger partial charge in [0.05, 0.1) is 5.92 Å². The highest BCUT2D eigenvalue weighted by molar-refractivity contribution is 5.92. The third kappa shape index (κ3) is 2.50. The summed E-state index contributed by atoms with van der Waals surface area (Å²) in [5.74, 6) is -1.23. The van der Waals surface area contributed by atoms with Gasteiger partial charge < -0.3 is 10.0 Å². The van der Waals surface area contributed by atoms with E-state index in [1.54, 1.807) is 29.3 Å². The third-order valence-electron chi connectivity index (χ3n) is 3.37. The minimum Gasteiger partial charge on any atom is -0.481 e. The second-order valence-corrected chi connectivity index (χ2v) is 4.62. The Labute approximate surface area is 105 Å². The monoisotopic (exact) mass is 248 g/mol. The van der Waals surface area contributed by atoms with Crippen molar-refractivity contribution >= 4 is 11.9 Å². The zero-order valence-corrected chi connectivity index (χ0v) is 10.2. The van der Waals surface area contributed by atoms with Crippen molar-refractivity contribution in [2.75, 3.05) is 6.54 Å². The molecule has 5 nitrogen and oxygen atoms in total. The van der Waals surface area contributed by atoms with Gasteiger partial charge in [-0.3, -0.25) is 14.6 Å². The maximum Gasteiger partial charge on any atom is 0.306 e. The number of rotatable bonds is 2. The van der Waals surface area contributed by atoms with Gasteiger partial charge in [-0.1, -0.05) is 6.07 Å². The van der Waals surface area contributed by atoms with Crippen molar-refractivity contribution in [3.8, 4) is 0 Å². The van der Waals surface area contributed by atoms with E-state index in [4.69, 9.17) is 5.11 Å². The summed E-state index contributed by atoms with van der Waals surface area (Å²) in [6.45, 7) is 2.36. The van der Waals surface area contributed by atoms with E-state index in [0.29, 0.717) is 25.1 Å². The summed E-state index contributed by atoms with van der Waals surface area (Å²) in [6, 6.07) is 5.15. The molecule has 1 saturated heterocycles. The minimum atomic E-state index is -0.771. The van der Waals surface area contributed by atoms with Crippen LogP contribution in [0.5, 0.6) is 0 Å². The molecule has 96 valence electrons. The smallest absolute Gasteiger partial charge is 0.306 e. The highest BCUT2D eigenvalue weighted by Crippen LogP contribution is 2.24. The van der Waals surface area contributed by atoms with Crippen molar-refractivity contribution in [1.29, 1.82) is 0 Å². The first-order chi connectivity index (χ1) is 8.59. The summed E-state index contributed by atoms with van der Waals surface area (Å²) in [5, 5.41) is 8.98. The summed E-state index contributed by atoms with van der Waals surface area (Å²) in [6.07, 6.45) is 2.61. The first-order valence-corrected chi connectivity index (χ1v) is 6.04. The lowest BCUT2D eigenvalue weighted by atomic mass is 9.91. The second kappa shape index (κ2) is 5.16. The van der Waals surface area contributed by atoms with Crippen molar-refractivity contribution < 1.29 is 14.7 Å². The minimum absolute atomic E-state index is 0.0608. The largest absolute Gasteiger partial charge is 0.481 e. The van der Waals surface area contributed by atoms with Crippen LogP contribution >= 0.6 is 0 Å². The number of nitrogens with zero attached hydrogens (tertiary/aromatic N) is 2. The molecule has 18 heavy (non-hydrogen) atoms. The van der Waals surface area contributed by atoms with E-state index < -0.39 is 5.97 Å². The average Bonchev–Trinajstić information content (AvgIpc) is 2.38. The van der Waals surface area contributed by atoms with Gasteiger partial charge in [-0.05, 0) is 31.9 Å². The van der Waals surface area contributed by atoms with E-state index in [1.807, 2.05) is 6.92 Å². The molecule has 0 bridgehead atoms. The van der Waals surface area contributed by atoms with E-state index in [9.17, 15) is 9.59 Å². The molecule has 1 aromatic rings. The van der Waals surface area contributed by atoms with Crippen LogP contribution in [-0.4, -0.2) is 39.5 Å². The Bertz CT molecular complexity index is 447. The van der Waals surface area contributed by atoms with Gasteiger partial charge in [0.1, 0.15) is 5.69 Å². The van der Waals surface area contributed by atoms with Crippen LogP contribution in [0.3, 0.4) is 0 Å². The molecule has 0 aromatic carbocycles. The maximum absolute atomic E-state index is 12.2. The van der Waals surface area contributed by atoms with Crippen molar-refractivity contribution in [1.82, 2.24) is 9.88 Å². The van der Waals surface area contributed by atoms with Crippen LogP contribution in [0.4, 0.5) is 0 Å². The normalized spacial score (nSPS) is 23.7. The Morgan fingerprint density at radius 1 is 1.44 bits per heavy atom. The fourth-order valence-electron chi connectivity index (χ4n) is 2.33. The van der Waals surface area contributed by atoms with Crippen LogP contribution in [0, 0.1) is 5.92 Å². The summed E-state index contributed by atoms with van der Waals surface area (Å²) in [4.78, 5) is 28.9. The lowest BCUT2D eigenvalue weighted by Crippen LogP contribution is -2.46. The number of aliphatic carboxylic acids is 1. The lowest BCUT2D eigenvalue weighted by molar-refractivity contribution is -0.143. The van der Waals surface area contributed by atoms with Gasteiger partial charge >= 0.3 is 5.97 Å². The molecule has 0 unspecified atom stereocenters.